The zero-order chi connectivity index (χ0) is 8.23. The molecule has 1 aliphatic heterocycles. The van der Waals surface area contributed by atoms with Gasteiger partial charge >= 0.3 is 0 Å². The molecule has 0 aromatic heterocycles. The van der Waals surface area contributed by atoms with Crippen molar-refractivity contribution >= 4 is 29.7 Å². The highest BCUT2D eigenvalue weighted by atomic mass is 127. The number of hydrogen-bond donors (Lipinski definition) is 1. The molecule has 1 saturated heterocycles. The maximum atomic E-state index is 3.34. The van der Waals surface area contributed by atoms with E-state index in [1.165, 1.54) is 5.69 Å². The van der Waals surface area contributed by atoms with E-state index in [4.69, 9.17) is 0 Å². The van der Waals surface area contributed by atoms with Crippen molar-refractivity contribution in [2.75, 3.05) is 31.1 Å². The van der Waals surface area contributed by atoms with Gasteiger partial charge in [-0.25, -0.2) is 0 Å². The molecule has 1 aromatic carbocycles. The Morgan fingerprint density at radius 1 is 1.00 bits per heavy atom. The summed E-state index contributed by atoms with van der Waals surface area (Å²) in [6.45, 7) is 4.47. The van der Waals surface area contributed by atoms with Gasteiger partial charge in [0.1, 0.15) is 0 Å². The molecule has 1 N–H and O–H groups in total. The van der Waals surface area contributed by atoms with Crippen LogP contribution in [0.15, 0.2) is 30.3 Å². The van der Waals surface area contributed by atoms with Crippen LogP contribution in [0.2, 0.25) is 0 Å². The lowest BCUT2D eigenvalue weighted by Gasteiger charge is -2.29. The lowest BCUT2D eigenvalue weighted by atomic mass is 10.2. The summed E-state index contributed by atoms with van der Waals surface area (Å²) in [5, 5.41) is 3.34. The second-order valence-electron chi connectivity index (χ2n) is 3.07. The van der Waals surface area contributed by atoms with Gasteiger partial charge in [0.15, 0.2) is 0 Å². The average molecular weight is 290 g/mol. The lowest BCUT2D eigenvalue weighted by Crippen LogP contribution is -2.43. The molecular weight excluding hydrogens is 275 g/mol. The molecule has 13 heavy (non-hydrogen) atoms. The molecule has 1 fully saturated rings. The van der Waals surface area contributed by atoms with Gasteiger partial charge in [0.05, 0.1) is 0 Å². The van der Waals surface area contributed by atoms with Crippen molar-refractivity contribution in [3.8, 4) is 0 Å². The van der Waals surface area contributed by atoms with E-state index in [-0.39, 0.29) is 24.0 Å². The molecule has 0 amide bonds. The summed E-state index contributed by atoms with van der Waals surface area (Å²) in [7, 11) is 0. The number of hydrogen-bond acceptors (Lipinski definition) is 2. The van der Waals surface area contributed by atoms with Crippen molar-refractivity contribution in [1.29, 1.82) is 0 Å². The van der Waals surface area contributed by atoms with E-state index in [9.17, 15) is 0 Å². The summed E-state index contributed by atoms with van der Waals surface area (Å²) in [6.07, 6.45) is 0. The molecule has 0 bridgehead atoms. The minimum absolute atomic E-state index is 0. The summed E-state index contributed by atoms with van der Waals surface area (Å²) in [5.74, 6) is 0. The van der Waals surface area contributed by atoms with Gasteiger partial charge in [-0.3, -0.25) is 0 Å². The van der Waals surface area contributed by atoms with Crippen LogP contribution < -0.4 is 10.2 Å². The fourth-order valence-electron chi connectivity index (χ4n) is 1.56. The Hall–Kier alpha value is -0.290. The van der Waals surface area contributed by atoms with E-state index in [1.807, 2.05) is 0 Å². The van der Waals surface area contributed by atoms with Crippen LogP contribution in [-0.4, -0.2) is 26.2 Å². The van der Waals surface area contributed by atoms with E-state index in [2.05, 4.69) is 40.5 Å². The SMILES string of the molecule is I.c1ccc(N2CCNCC2)cc1. The molecule has 0 saturated carbocycles. The maximum Gasteiger partial charge on any atom is 0.0367 e. The number of anilines is 1. The maximum absolute atomic E-state index is 3.34. The zero-order valence-corrected chi connectivity index (χ0v) is 9.90. The minimum Gasteiger partial charge on any atom is -0.369 e. The minimum atomic E-state index is 0. The van der Waals surface area contributed by atoms with E-state index in [0.717, 1.165) is 26.2 Å². The second-order valence-corrected chi connectivity index (χ2v) is 3.07. The molecule has 0 radical (unpaired) electrons. The number of piperazine rings is 1. The first kappa shape index (κ1) is 10.8. The summed E-state index contributed by atoms with van der Waals surface area (Å²) in [5.41, 5.74) is 1.35. The summed E-state index contributed by atoms with van der Waals surface area (Å²) in [6, 6.07) is 10.6. The molecule has 1 heterocycles. The molecule has 0 unspecified atom stereocenters. The van der Waals surface area contributed by atoms with Crippen LogP contribution in [0.4, 0.5) is 5.69 Å². The normalized spacial score (nSPS) is 16.5. The third-order valence-electron chi connectivity index (χ3n) is 2.24. The van der Waals surface area contributed by atoms with Gasteiger partial charge in [-0.15, -0.1) is 24.0 Å². The summed E-state index contributed by atoms with van der Waals surface area (Å²) >= 11 is 0. The standard InChI is InChI=1S/C10H14N2.HI/c1-2-4-10(5-3-1)12-8-6-11-7-9-12;/h1-5,11H,6-9H2;1H. The Kier molecular flexibility index (Phi) is 4.52. The predicted octanol–water partition coefficient (Wildman–Crippen LogP) is 1.71. The number of halogens is 1. The summed E-state index contributed by atoms with van der Waals surface area (Å²) in [4.78, 5) is 2.41. The van der Waals surface area contributed by atoms with Crippen molar-refractivity contribution in [1.82, 2.24) is 5.32 Å². The van der Waals surface area contributed by atoms with Crippen molar-refractivity contribution in [2.45, 2.75) is 0 Å². The van der Waals surface area contributed by atoms with Gasteiger partial charge in [-0.1, -0.05) is 18.2 Å². The fourth-order valence-corrected chi connectivity index (χ4v) is 1.56. The number of para-hydroxylation sites is 1. The zero-order valence-electron chi connectivity index (χ0n) is 7.57. The van der Waals surface area contributed by atoms with Crippen molar-refractivity contribution in [3.63, 3.8) is 0 Å². The Bertz CT molecular complexity index is 232. The molecule has 2 rings (SSSR count). The highest BCUT2D eigenvalue weighted by Crippen LogP contribution is 2.12. The van der Waals surface area contributed by atoms with Gasteiger partial charge in [-0.2, -0.15) is 0 Å². The van der Waals surface area contributed by atoms with E-state index >= 15 is 0 Å². The van der Waals surface area contributed by atoms with Crippen LogP contribution in [0.3, 0.4) is 0 Å². The van der Waals surface area contributed by atoms with Crippen molar-refractivity contribution in [3.05, 3.63) is 30.3 Å². The van der Waals surface area contributed by atoms with Crippen LogP contribution in [0.25, 0.3) is 0 Å². The smallest absolute Gasteiger partial charge is 0.0367 e. The molecule has 3 heteroatoms. The van der Waals surface area contributed by atoms with Gasteiger partial charge in [-0.05, 0) is 12.1 Å². The van der Waals surface area contributed by atoms with Crippen LogP contribution >= 0.6 is 24.0 Å². The Balaban J connectivity index is 0.000000845. The number of nitrogens with zero attached hydrogens (tertiary/aromatic N) is 1. The third kappa shape index (κ3) is 2.84. The molecule has 0 spiro atoms. The number of nitrogens with one attached hydrogen (secondary N) is 1. The van der Waals surface area contributed by atoms with Crippen LogP contribution in [0.1, 0.15) is 0 Å². The van der Waals surface area contributed by atoms with Gasteiger partial charge in [0.2, 0.25) is 0 Å². The van der Waals surface area contributed by atoms with Crippen LogP contribution in [0.5, 0.6) is 0 Å². The van der Waals surface area contributed by atoms with E-state index < -0.39 is 0 Å². The highest BCUT2D eigenvalue weighted by Gasteiger charge is 2.08. The largest absolute Gasteiger partial charge is 0.369 e. The first-order valence-corrected chi connectivity index (χ1v) is 4.47. The van der Waals surface area contributed by atoms with Crippen LogP contribution in [0, 0.1) is 0 Å². The molecule has 1 aromatic rings. The Morgan fingerprint density at radius 3 is 2.23 bits per heavy atom. The highest BCUT2D eigenvalue weighted by molar-refractivity contribution is 14.0. The quantitative estimate of drug-likeness (QED) is 0.792. The first-order chi connectivity index (χ1) is 5.97. The van der Waals surface area contributed by atoms with Crippen LogP contribution in [-0.2, 0) is 0 Å². The van der Waals surface area contributed by atoms with E-state index in [1.54, 1.807) is 0 Å². The van der Waals surface area contributed by atoms with Crippen molar-refractivity contribution in [2.24, 2.45) is 0 Å². The topological polar surface area (TPSA) is 15.3 Å². The number of benzene rings is 1. The molecule has 72 valence electrons. The predicted molar refractivity (Wildman–Crippen MR) is 66.9 cm³/mol. The molecular formula is C10H15IN2. The second kappa shape index (κ2) is 5.44. The average Bonchev–Trinajstić information content (AvgIpc) is 2.21. The Morgan fingerprint density at radius 2 is 1.62 bits per heavy atom. The summed E-state index contributed by atoms with van der Waals surface area (Å²) < 4.78 is 0. The molecule has 2 nitrogen and oxygen atoms in total. The number of rotatable bonds is 1. The fraction of sp³-hybridized carbons (Fsp3) is 0.400. The molecule has 0 aliphatic carbocycles. The monoisotopic (exact) mass is 290 g/mol. The van der Waals surface area contributed by atoms with Gasteiger partial charge < -0.3 is 10.2 Å². The lowest BCUT2D eigenvalue weighted by molar-refractivity contribution is 0.589. The van der Waals surface area contributed by atoms with Crippen molar-refractivity contribution < 1.29 is 0 Å². The van der Waals surface area contributed by atoms with E-state index in [0.29, 0.717) is 0 Å². The third-order valence-corrected chi connectivity index (χ3v) is 2.24. The molecule has 0 atom stereocenters. The Labute approximate surface area is 96.3 Å². The first-order valence-electron chi connectivity index (χ1n) is 4.47. The van der Waals surface area contributed by atoms with Gasteiger partial charge in [0, 0.05) is 31.9 Å². The molecule has 1 aliphatic rings. The van der Waals surface area contributed by atoms with Gasteiger partial charge in [0.25, 0.3) is 0 Å².